The van der Waals surface area contributed by atoms with Gasteiger partial charge in [-0.2, -0.15) is 4.31 Å². The lowest BCUT2D eigenvalue weighted by molar-refractivity contribution is 0.0574. The van der Waals surface area contributed by atoms with Gasteiger partial charge in [-0.3, -0.25) is 4.79 Å². The lowest BCUT2D eigenvalue weighted by Gasteiger charge is -2.34. The van der Waals surface area contributed by atoms with E-state index in [0.29, 0.717) is 5.56 Å². The third-order valence-corrected chi connectivity index (χ3v) is 6.83. The van der Waals surface area contributed by atoms with Gasteiger partial charge in [0, 0.05) is 18.2 Å². The predicted octanol–water partition coefficient (Wildman–Crippen LogP) is 3.51. The molecule has 2 aromatic rings. The lowest BCUT2D eigenvalue weighted by Crippen LogP contribution is -2.48. The second-order valence-corrected chi connectivity index (χ2v) is 9.36. The number of hydrogen-bond acceptors (Lipinski definition) is 3. The van der Waals surface area contributed by atoms with Crippen molar-refractivity contribution < 1.29 is 13.2 Å². The van der Waals surface area contributed by atoms with E-state index in [1.165, 1.54) is 4.31 Å². The van der Waals surface area contributed by atoms with Gasteiger partial charge < -0.3 is 4.90 Å². The summed E-state index contributed by atoms with van der Waals surface area (Å²) < 4.78 is 28.1. The van der Waals surface area contributed by atoms with Crippen LogP contribution in [0.1, 0.15) is 36.7 Å². The molecule has 0 bridgehead atoms. The van der Waals surface area contributed by atoms with Gasteiger partial charge in [0.15, 0.2) is 0 Å². The molecule has 1 aliphatic heterocycles. The quantitative estimate of drug-likeness (QED) is 0.808. The summed E-state index contributed by atoms with van der Waals surface area (Å²) in [5.74, 6) is -0.175. The SMILES string of the molecule is Cc1ccc(S(=O)(=O)N2C[C@H](C)N(C(=O)c3ccccc3)[C@@H]2C(C)C)cc1. The van der Waals surface area contributed by atoms with E-state index in [9.17, 15) is 13.2 Å². The molecule has 1 amide bonds. The summed E-state index contributed by atoms with van der Waals surface area (Å²) in [5.41, 5.74) is 1.58. The van der Waals surface area contributed by atoms with Gasteiger partial charge in [-0.1, -0.05) is 49.7 Å². The Balaban J connectivity index is 2.00. The zero-order valence-electron chi connectivity index (χ0n) is 16.2. The van der Waals surface area contributed by atoms with Crippen molar-refractivity contribution >= 4 is 15.9 Å². The molecule has 5 nitrogen and oxygen atoms in total. The summed E-state index contributed by atoms with van der Waals surface area (Å²) >= 11 is 0. The highest BCUT2D eigenvalue weighted by Gasteiger charge is 2.47. The number of benzene rings is 2. The smallest absolute Gasteiger partial charge is 0.255 e. The topological polar surface area (TPSA) is 57.7 Å². The summed E-state index contributed by atoms with van der Waals surface area (Å²) in [4.78, 5) is 15.1. The molecule has 2 atom stereocenters. The maximum absolute atomic E-state index is 13.3. The van der Waals surface area contributed by atoms with Crippen molar-refractivity contribution in [2.24, 2.45) is 5.92 Å². The minimum absolute atomic E-state index is 0.0390. The van der Waals surface area contributed by atoms with Gasteiger partial charge >= 0.3 is 0 Å². The first-order chi connectivity index (χ1) is 12.7. The molecule has 1 aliphatic rings. The van der Waals surface area contributed by atoms with Crippen LogP contribution in [-0.2, 0) is 10.0 Å². The maximum Gasteiger partial charge on any atom is 0.255 e. The van der Waals surface area contributed by atoms with Crippen molar-refractivity contribution in [3.05, 3.63) is 65.7 Å². The number of hydrogen-bond donors (Lipinski definition) is 0. The zero-order chi connectivity index (χ0) is 19.8. The van der Waals surface area contributed by atoms with E-state index in [1.54, 1.807) is 41.3 Å². The Bertz CT molecular complexity index is 908. The van der Waals surface area contributed by atoms with Crippen LogP contribution in [0.4, 0.5) is 0 Å². The van der Waals surface area contributed by atoms with Crippen LogP contribution in [0.15, 0.2) is 59.5 Å². The summed E-state index contributed by atoms with van der Waals surface area (Å²) in [7, 11) is -3.69. The molecule has 0 aliphatic carbocycles. The predicted molar refractivity (Wildman–Crippen MR) is 106 cm³/mol. The molecule has 0 unspecified atom stereocenters. The van der Waals surface area contributed by atoms with E-state index < -0.39 is 16.2 Å². The van der Waals surface area contributed by atoms with Gasteiger partial charge in [0.25, 0.3) is 5.91 Å². The van der Waals surface area contributed by atoms with E-state index in [1.807, 2.05) is 45.9 Å². The van der Waals surface area contributed by atoms with Gasteiger partial charge in [0.2, 0.25) is 10.0 Å². The number of aryl methyl sites for hydroxylation is 1. The second kappa shape index (κ2) is 7.44. The fourth-order valence-electron chi connectivity index (χ4n) is 3.65. The molecule has 3 rings (SSSR count). The first kappa shape index (κ1) is 19.6. The fourth-order valence-corrected chi connectivity index (χ4v) is 5.44. The van der Waals surface area contributed by atoms with Crippen LogP contribution in [0.3, 0.4) is 0 Å². The molecule has 27 heavy (non-hydrogen) atoms. The Morgan fingerprint density at radius 1 is 1.04 bits per heavy atom. The molecule has 144 valence electrons. The van der Waals surface area contributed by atoms with Crippen molar-refractivity contribution in [3.63, 3.8) is 0 Å². The first-order valence-corrected chi connectivity index (χ1v) is 10.6. The van der Waals surface area contributed by atoms with E-state index in [0.717, 1.165) is 5.56 Å². The van der Waals surface area contributed by atoms with Gasteiger partial charge in [0.05, 0.1) is 4.90 Å². The molecule has 1 fully saturated rings. The lowest BCUT2D eigenvalue weighted by atomic mass is 10.1. The Hall–Kier alpha value is -2.18. The van der Waals surface area contributed by atoms with Crippen LogP contribution in [0.2, 0.25) is 0 Å². The van der Waals surface area contributed by atoms with Gasteiger partial charge in [0.1, 0.15) is 6.17 Å². The van der Waals surface area contributed by atoms with Crippen molar-refractivity contribution in [2.75, 3.05) is 6.54 Å². The van der Waals surface area contributed by atoms with Crippen molar-refractivity contribution in [3.8, 4) is 0 Å². The van der Waals surface area contributed by atoms with Crippen LogP contribution in [-0.4, -0.2) is 42.3 Å². The van der Waals surface area contributed by atoms with Crippen molar-refractivity contribution in [1.82, 2.24) is 9.21 Å². The summed E-state index contributed by atoms with van der Waals surface area (Å²) in [6.45, 7) is 8.02. The summed E-state index contributed by atoms with van der Waals surface area (Å²) in [6.07, 6.45) is -0.515. The fraction of sp³-hybridized carbons (Fsp3) is 0.381. The zero-order valence-corrected chi connectivity index (χ0v) is 17.0. The van der Waals surface area contributed by atoms with Gasteiger partial charge in [-0.25, -0.2) is 8.42 Å². The molecule has 1 heterocycles. The average Bonchev–Trinajstić information content (AvgIpc) is 3.00. The van der Waals surface area contributed by atoms with Crippen LogP contribution < -0.4 is 0 Å². The second-order valence-electron chi connectivity index (χ2n) is 7.47. The minimum atomic E-state index is -3.69. The third-order valence-electron chi connectivity index (χ3n) is 4.98. The molecule has 6 heteroatoms. The highest BCUT2D eigenvalue weighted by Crippen LogP contribution is 2.33. The maximum atomic E-state index is 13.3. The average molecular weight is 387 g/mol. The highest BCUT2D eigenvalue weighted by atomic mass is 32.2. The molecule has 0 radical (unpaired) electrons. The number of sulfonamides is 1. The Morgan fingerprint density at radius 3 is 2.19 bits per heavy atom. The van der Waals surface area contributed by atoms with E-state index in [2.05, 4.69) is 0 Å². The first-order valence-electron chi connectivity index (χ1n) is 9.19. The van der Waals surface area contributed by atoms with Gasteiger partial charge in [-0.05, 0) is 44.0 Å². The largest absolute Gasteiger partial charge is 0.318 e. The summed E-state index contributed by atoms with van der Waals surface area (Å²) in [5, 5.41) is 0. The number of rotatable bonds is 4. The minimum Gasteiger partial charge on any atom is -0.318 e. The van der Waals surface area contributed by atoms with E-state index >= 15 is 0 Å². The number of nitrogens with zero attached hydrogens (tertiary/aromatic N) is 2. The normalized spacial score (nSPS) is 21.0. The molecule has 0 N–H and O–H groups in total. The van der Waals surface area contributed by atoms with E-state index in [-0.39, 0.29) is 29.3 Å². The van der Waals surface area contributed by atoms with E-state index in [4.69, 9.17) is 0 Å². The highest BCUT2D eigenvalue weighted by molar-refractivity contribution is 7.89. The third kappa shape index (κ3) is 3.64. The Kier molecular flexibility index (Phi) is 5.40. The Morgan fingerprint density at radius 2 is 1.63 bits per heavy atom. The number of carbonyl (C=O) groups is 1. The molecule has 0 spiro atoms. The number of amides is 1. The molecule has 2 aromatic carbocycles. The van der Waals surface area contributed by atoms with Crippen molar-refractivity contribution in [1.29, 1.82) is 0 Å². The number of carbonyl (C=O) groups excluding carboxylic acids is 1. The molecular weight excluding hydrogens is 360 g/mol. The van der Waals surface area contributed by atoms with Crippen LogP contribution in [0.25, 0.3) is 0 Å². The molecule has 1 saturated heterocycles. The van der Waals surface area contributed by atoms with Crippen LogP contribution in [0.5, 0.6) is 0 Å². The Labute approximate surface area is 161 Å². The monoisotopic (exact) mass is 386 g/mol. The van der Waals surface area contributed by atoms with Crippen LogP contribution >= 0.6 is 0 Å². The summed E-state index contributed by atoms with van der Waals surface area (Å²) in [6, 6.07) is 15.7. The molecular formula is C21H26N2O3S. The van der Waals surface area contributed by atoms with Gasteiger partial charge in [-0.15, -0.1) is 0 Å². The van der Waals surface area contributed by atoms with Crippen molar-refractivity contribution in [2.45, 2.75) is 44.8 Å². The molecule has 0 aromatic heterocycles. The molecule has 0 saturated carbocycles. The standard InChI is InChI=1S/C21H26N2O3S/c1-15(2)20-22(27(25,26)19-12-10-16(3)11-13-19)14-17(4)23(20)21(24)18-8-6-5-7-9-18/h5-13,15,17,20H,14H2,1-4H3/t17-,20+/m0/s1. The van der Waals surface area contributed by atoms with Crippen LogP contribution in [0, 0.1) is 12.8 Å².